The summed E-state index contributed by atoms with van der Waals surface area (Å²) in [6.07, 6.45) is 0. The predicted molar refractivity (Wildman–Crippen MR) is 114 cm³/mol. The molecule has 5 aromatic rings. The van der Waals surface area contributed by atoms with E-state index >= 15 is 0 Å². The van der Waals surface area contributed by atoms with Crippen molar-refractivity contribution in [1.29, 1.82) is 0 Å². The summed E-state index contributed by atoms with van der Waals surface area (Å²) < 4.78 is 0. The Hall–Kier alpha value is -3.66. The minimum absolute atomic E-state index is 0.323. The lowest BCUT2D eigenvalue weighted by Crippen LogP contribution is -2.18. The molecule has 0 saturated heterocycles. The van der Waals surface area contributed by atoms with Gasteiger partial charge in [0.1, 0.15) is 0 Å². The maximum absolute atomic E-state index is 12.4. The molecular formula is C24H18N2O2. The molecule has 0 aliphatic heterocycles. The van der Waals surface area contributed by atoms with Gasteiger partial charge in [-0.3, -0.25) is 9.59 Å². The van der Waals surface area contributed by atoms with Crippen LogP contribution in [0.25, 0.3) is 43.1 Å². The van der Waals surface area contributed by atoms with Crippen molar-refractivity contribution in [2.45, 2.75) is 13.8 Å². The molecule has 0 unspecified atom stereocenters. The molecule has 0 spiro atoms. The molecule has 0 atom stereocenters. The van der Waals surface area contributed by atoms with E-state index in [1.54, 1.807) is 6.07 Å². The highest BCUT2D eigenvalue weighted by Gasteiger charge is 2.24. The third-order valence-electron chi connectivity index (χ3n) is 5.99. The molecule has 28 heavy (non-hydrogen) atoms. The molecule has 5 rings (SSSR count). The van der Waals surface area contributed by atoms with Crippen LogP contribution in [0.3, 0.4) is 0 Å². The van der Waals surface area contributed by atoms with Gasteiger partial charge in [0.15, 0.2) is 0 Å². The number of carbonyl (C=O) groups excluding carboxylic acids is 2. The number of benzene rings is 5. The van der Waals surface area contributed by atoms with Gasteiger partial charge in [0.05, 0.1) is 5.56 Å². The topological polar surface area (TPSA) is 86.2 Å². The third kappa shape index (κ3) is 1.89. The molecule has 4 heteroatoms. The number of primary amides is 2. The van der Waals surface area contributed by atoms with E-state index < -0.39 is 11.8 Å². The number of aryl methyl sites for hydroxylation is 1. The second-order valence-electron chi connectivity index (χ2n) is 7.35. The third-order valence-corrected chi connectivity index (χ3v) is 5.99. The first-order valence-corrected chi connectivity index (χ1v) is 9.13. The summed E-state index contributed by atoms with van der Waals surface area (Å²) in [5.74, 6) is -1.12. The lowest BCUT2D eigenvalue weighted by Gasteiger charge is -2.21. The van der Waals surface area contributed by atoms with Crippen LogP contribution in [0.1, 0.15) is 31.8 Å². The first-order chi connectivity index (χ1) is 13.4. The highest BCUT2D eigenvalue weighted by atomic mass is 16.1. The van der Waals surface area contributed by atoms with Crippen molar-refractivity contribution in [2.75, 3.05) is 0 Å². The Balaban J connectivity index is 2.27. The average molecular weight is 366 g/mol. The fourth-order valence-corrected chi connectivity index (χ4v) is 4.72. The summed E-state index contributed by atoms with van der Waals surface area (Å²) >= 11 is 0. The molecule has 4 nitrogen and oxygen atoms in total. The van der Waals surface area contributed by atoms with E-state index in [9.17, 15) is 9.59 Å². The van der Waals surface area contributed by atoms with Crippen LogP contribution in [-0.2, 0) is 0 Å². The van der Waals surface area contributed by atoms with Crippen LogP contribution in [0.4, 0.5) is 0 Å². The molecule has 136 valence electrons. The van der Waals surface area contributed by atoms with Gasteiger partial charge in [0.25, 0.3) is 0 Å². The van der Waals surface area contributed by atoms with Crippen molar-refractivity contribution in [3.8, 4) is 0 Å². The number of nitrogens with two attached hydrogens (primary N) is 2. The number of carbonyl (C=O) groups is 2. The molecule has 0 fully saturated rings. The maximum atomic E-state index is 12.4. The van der Waals surface area contributed by atoms with Gasteiger partial charge in [0, 0.05) is 10.9 Å². The first-order valence-electron chi connectivity index (χ1n) is 9.13. The number of hydrogen-bond acceptors (Lipinski definition) is 2. The Kier molecular flexibility index (Phi) is 3.20. The molecule has 0 aliphatic carbocycles. The van der Waals surface area contributed by atoms with Gasteiger partial charge < -0.3 is 11.5 Å². The standard InChI is InChI=1S/C24H18N2O2/c1-11-12(2)19(24(26)28)22-17(23(25)27)10-9-15-14-7-3-5-13-6-4-8-16(20(13)14)18(11)21(15)22/h3-10H,1-2H3,(H2,25,27)(H2,26,28). The van der Waals surface area contributed by atoms with Gasteiger partial charge in [-0.25, -0.2) is 0 Å². The van der Waals surface area contributed by atoms with E-state index in [4.69, 9.17) is 11.5 Å². The molecule has 0 aromatic heterocycles. The minimum Gasteiger partial charge on any atom is -0.366 e. The van der Waals surface area contributed by atoms with Crippen LogP contribution in [0.15, 0.2) is 48.5 Å². The molecule has 4 N–H and O–H groups in total. The summed E-state index contributed by atoms with van der Waals surface area (Å²) in [6, 6.07) is 16.1. The van der Waals surface area contributed by atoms with Gasteiger partial charge >= 0.3 is 0 Å². The number of fused-ring (bicyclic) bond motifs is 2. The second kappa shape index (κ2) is 5.42. The van der Waals surface area contributed by atoms with E-state index in [0.717, 1.165) is 43.4 Å². The maximum Gasteiger partial charge on any atom is 0.249 e. The van der Waals surface area contributed by atoms with Gasteiger partial charge in [-0.2, -0.15) is 0 Å². The van der Waals surface area contributed by atoms with Crippen LogP contribution < -0.4 is 11.5 Å². The average Bonchev–Trinajstić information content (AvgIpc) is 2.67. The zero-order valence-electron chi connectivity index (χ0n) is 15.6. The highest BCUT2D eigenvalue weighted by molar-refractivity contribution is 6.37. The summed E-state index contributed by atoms with van der Waals surface area (Å²) in [4.78, 5) is 24.6. The van der Waals surface area contributed by atoms with Crippen LogP contribution >= 0.6 is 0 Å². The lowest BCUT2D eigenvalue weighted by molar-refractivity contribution is 0.0998. The highest BCUT2D eigenvalue weighted by Crippen LogP contribution is 2.44. The normalized spacial score (nSPS) is 11.8. The van der Waals surface area contributed by atoms with Crippen molar-refractivity contribution in [3.63, 3.8) is 0 Å². The number of hydrogen-bond donors (Lipinski definition) is 2. The molecule has 0 heterocycles. The quantitative estimate of drug-likeness (QED) is 0.355. The predicted octanol–water partition coefficient (Wildman–Crippen LogP) is 4.55. The Labute approximate surface area is 161 Å². The fourth-order valence-electron chi connectivity index (χ4n) is 4.72. The van der Waals surface area contributed by atoms with Crippen LogP contribution in [0.2, 0.25) is 0 Å². The van der Waals surface area contributed by atoms with Crippen LogP contribution in [-0.4, -0.2) is 11.8 Å². The smallest absolute Gasteiger partial charge is 0.249 e. The van der Waals surface area contributed by atoms with Crippen LogP contribution in [0.5, 0.6) is 0 Å². The molecule has 2 amide bonds. The van der Waals surface area contributed by atoms with Crippen molar-refractivity contribution in [3.05, 3.63) is 70.8 Å². The molecule has 0 bridgehead atoms. The summed E-state index contributed by atoms with van der Waals surface area (Å²) in [7, 11) is 0. The summed E-state index contributed by atoms with van der Waals surface area (Å²) in [5, 5.41) is 7.99. The van der Waals surface area contributed by atoms with E-state index in [-0.39, 0.29) is 0 Å². The number of rotatable bonds is 2. The van der Waals surface area contributed by atoms with E-state index in [1.165, 1.54) is 5.39 Å². The lowest BCUT2D eigenvalue weighted by atomic mass is 9.82. The van der Waals surface area contributed by atoms with Crippen molar-refractivity contribution >= 4 is 54.9 Å². The summed E-state index contributed by atoms with van der Waals surface area (Å²) in [6.45, 7) is 3.88. The van der Waals surface area contributed by atoms with Crippen molar-refractivity contribution in [1.82, 2.24) is 0 Å². The molecule has 5 aromatic carbocycles. The minimum atomic E-state index is -0.569. The summed E-state index contributed by atoms with van der Waals surface area (Å²) in [5.41, 5.74) is 13.9. The van der Waals surface area contributed by atoms with Gasteiger partial charge in [-0.05, 0) is 68.7 Å². The molecule has 0 radical (unpaired) electrons. The molecule has 0 saturated carbocycles. The van der Waals surface area contributed by atoms with E-state index in [2.05, 4.69) is 24.3 Å². The Morgan fingerprint density at radius 3 is 1.93 bits per heavy atom. The molecule has 0 aliphatic rings. The first kappa shape index (κ1) is 16.5. The van der Waals surface area contributed by atoms with Gasteiger partial charge in [0.2, 0.25) is 11.8 Å². The Morgan fingerprint density at radius 1 is 0.643 bits per heavy atom. The monoisotopic (exact) mass is 366 g/mol. The SMILES string of the molecule is Cc1c(C(N)=O)c2c(C(N)=O)ccc3c4cccc5cccc(c(c1C)c23)c54. The number of amides is 2. The van der Waals surface area contributed by atoms with Crippen LogP contribution in [0, 0.1) is 13.8 Å². The largest absolute Gasteiger partial charge is 0.366 e. The van der Waals surface area contributed by atoms with Crippen molar-refractivity contribution < 1.29 is 9.59 Å². The Bertz CT molecular complexity index is 1480. The zero-order valence-corrected chi connectivity index (χ0v) is 15.6. The van der Waals surface area contributed by atoms with E-state index in [1.807, 2.05) is 32.0 Å². The fraction of sp³-hybridized carbons (Fsp3) is 0.0833. The zero-order chi connectivity index (χ0) is 19.7. The second-order valence-corrected chi connectivity index (χ2v) is 7.35. The van der Waals surface area contributed by atoms with Gasteiger partial charge in [-0.15, -0.1) is 0 Å². The van der Waals surface area contributed by atoms with Crippen molar-refractivity contribution in [2.24, 2.45) is 11.5 Å². The Morgan fingerprint density at radius 2 is 1.29 bits per heavy atom. The molecular weight excluding hydrogens is 348 g/mol. The van der Waals surface area contributed by atoms with E-state index in [0.29, 0.717) is 16.5 Å². The van der Waals surface area contributed by atoms with Gasteiger partial charge in [-0.1, -0.05) is 42.5 Å².